The van der Waals surface area contributed by atoms with Gasteiger partial charge >= 0.3 is 339 Å². The van der Waals surface area contributed by atoms with Gasteiger partial charge in [-0.15, -0.1) is 0 Å². The van der Waals surface area contributed by atoms with Crippen LogP contribution in [0.1, 0.15) is 77.8 Å². The summed E-state index contributed by atoms with van der Waals surface area (Å²) in [6.07, 6.45) is 12.5. The molecule has 2 aliphatic carbocycles. The number of para-hydroxylation sites is 2. The van der Waals surface area contributed by atoms with Crippen molar-refractivity contribution in [2.45, 2.75) is 63.5 Å². The zero-order valence-corrected chi connectivity index (χ0v) is 35.4. The van der Waals surface area contributed by atoms with Gasteiger partial charge in [0.15, 0.2) is 0 Å². The van der Waals surface area contributed by atoms with E-state index in [4.69, 9.17) is 0 Å². The summed E-state index contributed by atoms with van der Waals surface area (Å²) in [6.45, 7) is 6.87. The fourth-order valence-corrected chi connectivity index (χ4v) is 15.9. The SMILES string of the molecule is CC1CCC2Cc3ccccc3C=C1CCC[N+]1=C3C(=CC4c5cbccc5N(c5ccc6ccp7c6c5CC[N+]5=C7[N+](C)(C)c6ccccc65)C41)c1ccccc1C32. The second kappa shape index (κ2) is 12.7. The number of amidine groups is 1. The van der Waals surface area contributed by atoms with Crippen LogP contribution in [0.5, 0.6) is 0 Å². The van der Waals surface area contributed by atoms with Gasteiger partial charge in [0.2, 0.25) is 0 Å². The van der Waals surface area contributed by atoms with E-state index in [0.717, 1.165) is 43.3 Å². The molecule has 7 heterocycles. The fourth-order valence-electron chi connectivity index (χ4n) is 13.0. The molecular weight excluding hydrogens is 734 g/mol. The number of rotatable bonds is 1. The van der Waals surface area contributed by atoms with E-state index in [1.165, 1.54) is 68.8 Å². The van der Waals surface area contributed by atoms with Crippen molar-refractivity contribution in [1.29, 1.82) is 0 Å². The summed E-state index contributed by atoms with van der Waals surface area (Å²) in [7, 11) is 4.19. The Morgan fingerprint density at radius 3 is 2.64 bits per heavy atom. The molecule has 4 aromatic carbocycles. The van der Waals surface area contributed by atoms with Gasteiger partial charge in [-0.2, -0.15) is 0 Å². The third kappa shape index (κ3) is 4.81. The zero-order valence-electron chi connectivity index (χ0n) is 34.5. The molecule has 0 saturated heterocycles. The van der Waals surface area contributed by atoms with Crippen LogP contribution >= 0.6 is 7.53 Å². The molecule has 6 aromatic rings. The van der Waals surface area contributed by atoms with Crippen molar-refractivity contribution < 1.29 is 9.15 Å². The standard InChI is InChI=1S/C53H51BN4P/c1-33-18-19-38-30-37-12-5-4-11-36(37)29-35(33)13-10-26-56-50-42(39-14-6-7-15-40(39)49(38)50)31-43-44-32-54-25-22-46(44)57(52(43)56)45-21-20-34-24-28-59-51(34)41(45)23-27-55-47-16-8-9-17-48(47)58(2,3)53(55)59/h4-9,11-12,14-17,20-22,24-25,28-29,31-33,38,43,49,52H,10,13,18-19,23,26-27,30H2,1-3H3/q+3. The molecule has 5 aliphatic heterocycles. The third-order valence-corrected chi connectivity index (χ3v) is 18.2. The van der Waals surface area contributed by atoms with Crippen LogP contribution in [0.15, 0.2) is 126 Å². The van der Waals surface area contributed by atoms with Crippen LogP contribution in [0.2, 0.25) is 0 Å². The van der Waals surface area contributed by atoms with Crippen LogP contribution in [-0.4, -0.2) is 60.7 Å². The van der Waals surface area contributed by atoms with Crippen molar-refractivity contribution in [2.24, 2.45) is 11.8 Å². The predicted molar refractivity (Wildman–Crippen MR) is 249 cm³/mol. The molecule has 0 saturated carbocycles. The first-order chi connectivity index (χ1) is 29.0. The van der Waals surface area contributed by atoms with E-state index < -0.39 is 7.53 Å². The van der Waals surface area contributed by atoms with Crippen molar-refractivity contribution in [3.05, 3.63) is 160 Å². The molecule has 6 atom stereocenters. The quantitative estimate of drug-likeness (QED) is 0.119. The first-order valence-electron chi connectivity index (χ1n) is 22.3. The first-order valence-corrected chi connectivity index (χ1v) is 23.7. The van der Waals surface area contributed by atoms with E-state index in [0.29, 0.717) is 17.8 Å². The normalized spacial score (nSPS) is 25.9. The number of hydrogen-bond donors (Lipinski definition) is 0. The molecule has 0 radical (unpaired) electrons. The fraction of sp³-hybridized carbons (Fsp3) is 0.302. The Morgan fingerprint density at radius 2 is 1.69 bits per heavy atom. The first kappa shape index (κ1) is 34.7. The molecule has 288 valence electrons. The van der Waals surface area contributed by atoms with Gasteiger partial charge in [-0.1, -0.05) is 12.1 Å². The van der Waals surface area contributed by atoms with Crippen molar-refractivity contribution >= 4 is 70.6 Å². The molecule has 59 heavy (non-hydrogen) atoms. The van der Waals surface area contributed by atoms with Crippen molar-refractivity contribution in [3.8, 4) is 0 Å². The van der Waals surface area contributed by atoms with E-state index in [1.54, 1.807) is 33.1 Å². The van der Waals surface area contributed by atoms with E-state index in [-0.39, 0.29) is 12.1 Å². The predicted octanol–water partition coefficient (Wildman–Crippen LogP) is 11.5. The summed E-state index contributed by atoms with van der Waals surface area (Å²) in [5, 5.41) is 3.03. The van der Waals surface area contributed by atoms with Gasteiger partial charge < -0.3 is 0 Å². The molecule has 6 unspecified atom stereocenters. The average Bonchev–Trinajstić information content (AvgIpc) is 3.95. The molecule has 2 aromatic heterocycles. The van der Waals surface area contributed by atoms with Gasteiger partial charge in [0.1, 0.15) is 0 Å². The maximum atomic E-state index is 2.99. The molecule has 0 fully saturated rings. The summed E-state index contributed by atoms with van der Waals surface area (Å²) in [6, 6.07) is 37.9. The number of quaternary nitrogens is 1. The number of hydrogen-bond acceptors (Lipinski definition) is 1. The molecule has 0 spiro atoms. The number of allylic oxidation sites excluding steroid dienone is 2. The van der Waals surface area contributed by atoms with Crippen LogP contribution in [0.25, 0.3) is 22.2 Å². The Bertz CT molecular complexity index is 2940. The minimum atomic E-state index is -0.644. The minimum absolute atomic E-state index is 0.183. The van der Waals surface area contributed by atoms with Crippen LogP contribution < -0.4 is 9.38 Å². The summed E-state index contributed by atoms with van der Waals surface area (Å²) in [5.74, 6) is 9.06. The van der Waals surface area contributed by atoms with Crippen molar-refractivity contribution in [1.82, 2.24) is 4.48 Å². The van der Waals surface area contributed by atoms with E-state index in [2.05, 4.69) is 169 Å². The van der Waals surface area contributed by atoms with Gasteiger partial charge in [0.05, 0.1) is 0 Å². The molecule has 7 aliphatic rings. The van der Waals surface area contributed by atoms with Gasteiger partial charge in [-0.05, 0) is 0 Å². The molecule has 4 nitrogen and oxygen atoms in total. The van der Waals surface area contributed by atoms with Crippen LogP contribution in [0.3, 0.4) is 0 Å². The monoisotopic (exact) mass is 785 g/mol. The molecule has 0 N–H and O–H groups in total. The van der Waals surface area contributed by atoms with Crippen LogP contribution in [0.4, 0.5) is 22.7 Å². The Labute approximate surface area is 350 Å². The maximum absolute atomic E-state index is 2.99. The van der Waals surface area contributed by atoms with E-state index in [1.807, 2.05) is 0 Å². The molecule has 13 rings (SSSR count). The van der Waals surface area contributed by atoms with Gasteiger partial charge in [-0.25, -0.2) is 0 Å². The van der Waals surface area contributed by atoms with Crippen molar-refractivity contribution in [2.75, 3.05) is 32.1 Å². The summed E-state index contributed by atoms with van der Waals surface area (Å²) >= 11 is 0. The Kier molecular flexibility index (Phi) is 7.49. The molecule has 2 bridgehead atoms. The van der Waals surface area contributed by atoms with Crippen molar-refractivity contribution in [3.63, 3.8) is 0 Å². The van der Waals surface area contributed by atoms with E-state index >= 15 is 0 Å². The van der Waals surface area contributed by atoms with Crippen LogP contribution in [0, 0.1) is 11.8 Å². The molecular formula is C53H51BN4P+3. The molecule has 6 heteroatoms. The second-order valence-electron chi connectivity index (χ2n) is 18.9. The number of benzene rings is 4. The topological polar surface area (TPSA) is 9.26 Å². The Hall–Kier alpha value is -5.09. The number of fused-ring (bicyclic) bond motifs is 16. The Balaban J connectivity index is 1.03. The number of anilines is 2. The summed E-state index contributed by atoms with van der Waals surface area (Å²) < 4.78 is 6.52. The number of nitrogens with zero attached hydrogens (tertiary/aromatic N) is 4. The van der Waals surface area contributed by atoms with Crippen LogP contribution in [-0.2, 0) is 12.8 Å². The second-order valence-corrected chi connectivity index (χ2v) is 20.8. The Morgan fingerprint density at radius 1 is 0.831 bits per heavy atom. The summed E-state index contributed by atoms with van der Waals surface area (Å²) in [5.41, 5.74) is 21.0. The third-order valence-electron chi connectivity index (χ3n) is 15.6. The van der Waals surface area contributed by atoms with E-state index in [9.17, 15) is 0 Å². The van der Waals surface area contributed by atoms with Gasteiger partial charge in [-0.3, -0.25) is 0 Å². The zero-order chi connectivity index (χ0) is 39.1. The average molecular weight is 786 g/mol. The summed E-state index contributed by atoms with van der Waals surface area (Å²) in [4.78, 5) is 2.85. The molecule has 0 amide bonds. The van der Waals surface area contributed by atoms with Gasteiger partial charge in [0.25, 0.3) is 0 Å². The van der Waals surface area contributed by atoms with Gasteiger partial charge in [0, 0.05) is 0 Å².